The van der Waals surface area contributed by atoms with Crippen LogP contribution in [-0.2, 0) is 0 Å². The van der Waals surface area contributed by atoms with Crippen LogP contribution < -0.4 is 10.5 Å². The van der Waals surface area contributed by atoms with Crippen molar-refractivity contribution in [1.29, 1.82) is 0 Å². The van der Waals surface area contributed by atoms with Gasteiger partial charge < -0.3 is 10.5 Å². The molecule has 0 atom stereocenters. The molecule has 2 N–H and O–H groups in total. The van der Waals surface area contributed by atoms with E-state index in [1.54, 1.807) is 19.4 Å². The van der Waals surface area contributed by atoms with E-state index >= 15 is 0 Å². The summed E-state index contributed by atoms with van der Waals surface area (Å²) in [6, 6.07) is 1.69. The number of hydrogen-bond acceptors (Lipinski definition) is 3. The van der Waals surface area contributed by atoms with Gasteiger partial charge in [0.1, 0.15) is 17.6 Å². The molecule has 3 heteroatoms. The highest BCUT2D eigenvalue weighted by atomic mass is 16.5. The summed E-state index contributed by atoms with van der Waals surface area (Å²) in [5, 5.41) is 0. The Morgan fingerprint density at radius 2 is 2.56 bits per heavy atom. The lowest BCUT2D eigenvalue weighted by Crippen LogP contribution is -1.92. The van der Waals surface area contributed by atoms with Gasteiger partial charge in [-0.25, -0.2) is 0 Å². The van der Waals surface area contributed by atoms with E-state index in [4.69, 9.17) is 10.5 Å². The van der Waals surface area contributed by atoms with Gasteiger partial charge in [0.05, 0.1) is 7.11 Å². The molecule has 0 fully saturated rings. The molecule has 47 valence electrons. The van der Waals surface area contributed by atoms with Crippen LogP contribution in [0.4, 0.5) is 5.69 Å². The molecule has 0 aliphatic heterocycles. The lowest BCUT2D eigenvalue weighted by molar-refractivity contribution is 0.416. The average molecular weight is 123 g/mol. The molecule has 0 amide bonds. The minimum Gasteiger partial charge on any atom is -0.494 e. The summed E-state index contributed by atoms with van der Waals surface area (Å²) >= 11 is 0. The molecule has 1 radical (unpaired) electrons. The van der Waals surface area contributed by atoms with Crippen molar-refractivity contribution in [3.63, 3.8) is 0 Å². The maximum Gasteiger partial charge on any atom is 0.145 e. The second kappa shape index (κ2) is 2.35. The van der Waals surface area contributed by atoms with Gasteiger partial charge in [-0.05, 0) is 0 Å². The second-order valence-electron chi connectivity index (χ2n) is 1.54. The molecule has 1 aromatic rings. The van der Waals surface area contributed by atoms with Crippen LogP contribution in [0.3, 0.4) is 0 Å². The van der Waals surface area contributed by atoms with Crippen LogP contribution in [0.1, 0.15) is 0 Å². The van der Waals surface area contributed by atoms with Crippen molar-refractivity contribution in [3.05, 3.63) is 18.5 Å². The Balaban J connectivity index is 3.01. The first-order chi connectivity index (χ1) is 4.34. The number of rotatable bonds is 1. The van der Waals surface area contributed by atoms with Crippen molar-refractivity contribution in [1.82, 2.24) is 4.98 Å². The smallest absolute Gasteiger partial charge is 0.145 e. The Bertz CT molecular complexity index is 200. The highest BCUT2D eigenvalue weighted by Crippen LogP contribution is 2.15. The Hall–Kier alpha value is -1.25. The molecule has 0 saturated heterocycles. The number of nitrogens with two attached hydrogens (primary N) is 1. The van der Waals surface area contributed by atoms with Gasteiger partial charge in [-0.1, -0.05) is 0 Å². The Morgan fingerprint density at radius 1 is 1.78 bits per heavy atom. The highest BCUT2D eigenvalue weighted by Gasteiger charge is 1.93. The van der Waals surface area contributed by atoms with Crippen molar-refractivity contribution < 1.29 is 4.74 Å². The summed E-state index contributed by atoms with van der Waals surface area (Å²) in [6.07, 6.45) is 4.13. The zero-order valence-corrected chi connectivity index (χ0v) is 5.09. The SMILES string of the molecule is COc1ccn[c]c1N. The third kappa shape index (κ3) is 1.10. The second-order valence-corrected chi connectivity index (χ2v) is 1.54. The van der Waals surface area contributed by atoms with Crippen LogP contribution in [0.5, 0.6) is 5.75 Å². The molecular weight excluding hydrogens is 116 g/mol. The summed E-state index contributed by atoms with van der Waals surface area (Å²) in [5.74, 6) is 0.616. The average Bonchev–Trinajstić information content (AvgIpc) is 1.89. The first-order valence-corrected chi connectivity index (χ1v) is 2.50. The van der Waals surface area contributed by atoms with Crippen LogP contribution >= 0.6 is 0 Å². The number of ether oxygens (including phenoxy) is 1. The minimum atomic E-state index is 0.444. The van der Waals surface area contributed by atoms with Gasteiger partial charge in [-0.15, -0.1) is 0 Å². The zero-order chi connectivity index (χ0) is 6.69. The number of nitrogens with zero attached hydrogens (tertiary/aromatic N) is 1. The first kappa shape index (κ1) is 5.88. The molecule has 0 aliphatic carbocycles. The molecule has 3 nitrogen and oxygen atoms in total. The molecule has 1 aromatic heterocycles. The number of pyridine rings is 1. The van der Waals surface area contributed by atoms with Gasteiger partial charge in [-0.3, -0.25) is 4.98 Å². The number of aromatic nitrogens is 1. The van der Waals surface area contributed by atoms with Gasteiger partial charge in [-0.2, -0.15) is 0 Å². The van der Waals surface area contributed by atoms with Crippen LogP contribution in [-0.4, -0.2) is 12.1 Å². The molecule has 9 heavy (non-hydrogen) atoms. The monoisotopic (exact) mass is 123 g/mol. The van der Waals surface area contributed by atoms with Gasteiger partial charge in [0.25, 0.3) is 0 Å². The van der Waals surface area contributed by atoms with Crippen molar-refractivity contribution in [3.8, 4) is 5.75 Å². The van der Waals surface area contributed by atoms with Crippen LogP contribution in [0.2, 0.25) is 0 Å². The minimum absolute atomic E-state index is 0.444. The predicted molar refractivity (Wildman–Crippen MR) is 34.0 cm³/mol. The fourth-order valence-electron chi connectivity index (χ4n) is 0.535. The molecule has 0 aliphatic rings. The number of nitrogen functional groups attached to an aromatic ring is 1. The molecule has 1 heterocycles. The summed E-state index contributed by atoms with van der Waals surface area (Å²) in [5.41, 5.74) is 5.83. The van der Waals surface area contributed by atoms with Crippen LogP contribution in [0.25, 0.3) is 0 Å². The maximum atomic E-state index is 5.39. The predicted octanol–water partition coefficient (Wildman–Crippen LogP) is 0.473. The van der Waals surface area contributed by atoms with E-state index in [1.807, 2.05) is 0 Å². The first-order valence-electron chi connectivity index (χ1n) is 2.50. The fraction of sp³-hybridized carbons (Fsp3) is 0.167. The maximum absolute atomic E-state index is 5.39. The van der Waals surface area contributed by atoms with Crippen LogP contribution in [0.15, 0.2) is 12.3 Å². The Kier molecular flexibility index (Phi) is 1.53. The summed E-state index contributed by atoms with van der Waals surface area (Å²) < 4.78 is 4.85. The van der Waals surface area contributed by atoms with Crippen molar-refractivity contribution in [2.45, 2.75) is 0 Å². The summed E-state index contributed by atoms with van der Waals surface area (Å²) in [6.45, 7) is 0. The standard InChI is InChI=1S/C6H7N2O/c1-9-6-2-3-8-4-5(6)7/h2-3H,7H2,1H3. The van der Waals surface area contributed by atoms with Gasteiger partial charge in [0, 0.05) is 12.3 Å². The molecule has 0 aromatic carbocycles. The quantitative estimate of drug-likeness (QED) is 0.590. The molecular formula is C6H7N2O. The summed E-state index contributed by atoms with van der Waals surface area (Å²) in [4.78, 5) is 3.66. The van der Waals surface area contributed by atoms with E-state index in [0.717, 1.165) is 0 Å². The lowest BCUT2D eigenvalue weighted by Gasteiger charge is -1.99. The topological polar surface area (TPSA) is 48.1 Å². The summed E-state index contributed by atoms with van der Waals surface area (Å²) in [7, 11) is 1.56. The number of anilines is 1. The van der Waals surface area contributed by atoms with E-state index < -0.39 is 0 Å². The molecule has 0 unspecified atom stereocenters. The lowest BCUT2D eigenvalue weighted by atomic mass is 10.4. The molecule has 0 bridgehead atoms. The van der Waals surface area contributed by atoms with E-state index in [9.17, 15) is 0 Å². The third-order valence-electron chi connectivity index (χ3n) is 0.971. The normalized spacial score (nSPS) is 9.00. The van der Waals surface area contributed by atoms with Crippen molar-refractivity contribution in [2.24, 2.45) is 0 Å². The molecule has 0 spiro atoms. The van der Waals surface area contributed by atoms with E-state index in [1.165, 1.54) is 0 Å². The van der Waals surface area contributed by atoms with Gasteiger partial charge >= 0.3 is 0 Å². The highest BCUT2D eigenvalue weighted by molar-refractivity contribution is 5.48. The van der Waals surface area contributed by atoms with Crippen LogP contribution in [0, 0.1) is 6.20 Å². The zero-order valence-electron chi connectivity index (χ0n) is 5.09. The Labute approximate surface area is 53.5 Å². The van der Waals surface area contributed by atoms with Gasteiger partial charge in [0.2, 0.25) is 0 Å². The Morgan fingerprint density at radius 3 is 3.00 bits per heavy atom. The fourth-order valence-corrected chi connectivity index (χ4v) is 0.535. The van der Waals surface area contributed by atoms with E-state index in [-0.39, 0.29) is 0 Å². The van der Waals surface area contributed by atoms with E-state index in [0.29, 0.717) is 11.4 Å². The number of hydrogen-bond donors (Lipinski definition) is 1. The van der Waals surface area contributed by atoms with Gasteiger partial charge in [0.15, 0.2) is 0 Å². The molecule has 1 rings (SSSR count). The molecule has 0 saturated carbocycles. The van der Waals surface area contributed by atoms with E-state index in [2.05, 4.69) is 11.2 Å². The number of methoxy groups -OCH3 is 1. The third-order valence-corrected chi connectivity index (χ3v) is 0.971. The van der Waals surface area contributed by atoms with Crippen molar-refractivity contribution in [2.75, 3.05) is 12.8 Å². The van der Waals surface area contributed by atoms with Crippen molar-refractivity contribution >= 4 is 5.69 Å². The largest absolute Gasteiger partial charge is 0.494 e.